The number of hydrogen-bond donors (Lipinski definition) is 1. The van der Waals surface area contributed by atoms with E-state index in [1.165, 1.54) is 21.9 Å². The number of nitrogens with zero attached hydrogens (tertiary/aromatic N) is 4. The minimum Gasteiger partial charge on any atom is -0.492 e. The van der Waals surface area contributed by atoms with E-state index in [2.05, 4.69) is 21.9 Å². The Balaban J connectivity index is 1.83. The molecule has 3 heterocycles. The predicted molar refractivity (Wildman–Crippen MR) is 100 cm³/mol. The van der Waals surface area contributed by atoms with Crippen LogP contribution in [0.2, 0.25) is 0 Å². The molecule has 0 spiro atoms. The second-order valence-electron chi connectivity index (χ2n) is 7.18. The Morgan fingerprint density at radius 1 is 1.33 bits per heavy atom. The summed E-state index contributed by atoms with van der Waals surface area (Å²) in [6.45, 7) is 5.81. The number of thiazole rings is 1. The number of aromatic nitrogens is 3. The first kappa shape index (κ1) is 18.3. The van der Waals surface area contributed by atoms with Crippen LogP contribution in [0.4, 0.5) is 8.78 Å². The third-order valence-electron chi connectivity index (χ3n) is 5.12. The zero-order valence-corrected chi connectivity index (χ0v) is 16.1. The van der Waals surface area contributed by atoms with Gasteiger partial charge in [0.1, 0.15) is 0 Å². The van der Waals surface area contributed by atoms with Gasteiger partial charge in [-0.2, -0.15) is 4.52 Å². The average Bonchev–Trinajstić information content (AvgIpc) is 3.18. The molecule has 4 rings (SSSR count). The highest BCUT2D eigenvalue weighted by atomic mass is 32.1. The minimum atomic E-state index is -0.880. The summed E-state index contributed by atoms with van der Waals surface area (Å²) in [5.41, 5.74) is 0.624. The van der Waals surface area contributed by atoms with Gasteiger partial charge in [-0.1, -0.05) is 31.3 Å². The molecule has 1 aliphatic heterocycles. The molecule has 8 heteroatoms. The summed E-state index contributed by atoms with van der Waals surface area (Å²) in [6.07, 6.45) is 2.85. The molecule has 3 aromatic rings. The molecule has 1 aromatic carbocycles. The molecule has 1 saturated heterocycles. The minimum absolute atomic E-state index is 0.0233. The molecule has 144 valence electrons. The Bertz CT molecular complexity index is 970. The van der Waals surface area contributed by atoms with Gasteiger partial charge in [-0.25, -0.2) is 13.8 Å². The van der Waals surface area contributed by atoms with Gasteiger partial charge in [-0.3, -0.25) is 4.90 Å². The van der Waals surface area contributed by atoms with E-state index in [4.69, 9.17) is 0 Å². The van der Waals surface area contributed by atoms with Gasteiger partial charge in [0.25, 0.3) is 0 Å². The molecule has 0 aliphatic carbocycles. The first-order valence-electron chi connectivity index (χ1n) is 9.24. The smallest absolute Gasteiger partial charge is 0.230 e. The fourth-order valence-electron chi connectivity index (χ4n) is 3.79. The lowest BCUT2D eigenvalue weighted by Gasteiger charge is -2.37. The number of rotatable bonds is 4. The topological polar surface area (TPSA) is 53.7 Å². The van der Waals surface area contributed by atoms with Crippen molar-refractivity contribution in [2.75, 3.05) is 13.1 Å². The summed E-state index contributed by atoms with van der Waals surface area (Å²) in [5.74, 6) is -0.560. The van der Waals surface area contributed by atoms with Crippen LogP contribution >= 0.6 is 11.3 Å². The lowest BCUT2D eigenvalue weighted by atomic mass is 9.95. The number of likely N-dealkylation sites (tertiary alicyclic amines) is 1. The van der Waals surface area contributed by atoms with Crippen molar-refractivity contribution in [2.24, 2.45) is 5.92 Å². The van der Waals surface area contributed by atoms with Crippen LogP contribution in [0.15, 0.2) is 18.2 Å². The molecule has 2 atom stereocenters. The molecule has 0 bridgehead atoms. The highest BCUT2D eigenvalue weighted by Gasteiger charge is 2.32. The highest BCUT2D eigenvalue weighted by molar-refractivity contribution is 7.17. The molecule has 2 aromatic heterocycles. The van der Waals surface area contributed by atoms with Crippen LogP contribution in [0.25, 0.3) is 4.96 Å². The standard InChI is InChI=1S/C19H22F2N4OS/c1-3-15-22-19-25(23-15)18(26)17(27-19)16(24-8-4-5-11(2)10-24)12-6-7-13(20)14(21)9-12/h6-7,9,11,16,26H,3-5,8,10H2,1-2H3/t11-,16-/m1/s1. The Kier molecular flexibility index (Phi) is 4.86. The van der Waals surface area contributed by atoms with Gasteiger partial charge in [-0.05, 0) is 43.0 Å². The molecule has 1 N–H and O–H groups in total. The second-order valence-corrected chi connectivity index (χ2v) is 8.19. The second kappa shape index (κ2) is 7.16. The first-order valence-corrected chi connectivity index (χ1v) is 10.1. The number of fused-ring (bicyclic) bond motifs is 1. The van der Waals surface area contributed by atoms with Gasteiger partial charge in [0, 0.05) is 13.0 Å². The van der Waals surface area contributed by atoms with Crippen LogP contribution in [0.1, 0.15) is 49.0 Å². The van der Waals surface area contributed by atoms with E-state index in [9.17, 15) is 13.9 Å². The van der Waals surface area contributed by atoms with Crippen molar-refractivity contribution in [1.29, 1.82) is 0 Å². The number of benzene rings is 1. The lowest BCUT2D eigenvalue weighted by molar-refractivity contribution is 0.149. The Morgan fingerprint density at radius 3 is 2.81 bits per heavy atom. The molecule has 27 heavy (non-hydrogen) atoms. The van der Waals surface area contributed by atoms with Gasteiger partial charge < -0.3 is 5.11 Å². The molecule has 0 radical (unpaired) electrons. The van der Waals surface area contributed by atoms with Crippen molar-refractivity contribution >= 4 is 16.3 Å². The van der Waals surface area contributed by atoms with Crippen LogP contribution < -0.4 is 0 Å². The fourth-order valence-corrected chi connectivity index (χ4v) is 4.93. The van der Waals surface area contributed by atoms with Crippen molar-refractivity contribution in [1.82, 2.24) is 19.5 Å². The van der Waals surface area contributed by atoms with Crippen LogP contribution in [0.5, 0.6) is 5.88 Å². The van der Waals surface area contributed by atoms with Gasteiger partial charge in [0.15, 0.2) is 17.5 Å². The van der Waals surface area contributed by atoms with Crippen molar-refractivity contribution < 1.29 is 13.9 Å². The molecular weight excluding hydrogens is 370 g/mol. The zero-order valence-electron chi connectivity index (χ0n) is 15.3. The van der Waals surface area contributed by atoms with Gasteiger partial charge in [-0.15, -0.1) is 5.10 Å². The van der Waals surface area contributed by atoms with E-state index < -0.39 is 11.6 Å². The van der Waals surface area contributed by atoms with E-state index >= 15 is 0 Å². The van der Waals surface area contributed by atoms with Crippen LogP contribution in [-0.4, -0.2) is 37.7 Å². The van der Waals surface area contributed by atoms with Crippen molar-refractivity contribution in [3.63, 3.8) is 0 Å². The molecule has 0 saturated carbocycles. The summed E-state index contributed by atoms with van der Waals surface area (Å²) in [7, 11) is 0. The maximum atomic E-state index is 14.0. The summed E-state index contributed by atoms with van der Waals surface area (Å²) >= 11 is 1.35. The van der Waals surface area contributed by atoms with Gasteiger partial charge in [0.05, 0.1) is 10.9 Å². The number of piperidine rings is 1. The van der Waals surface area contributed by atoms with Crippen LogP contribution in [0.3, 0.4) is 0 Å². The summed E-state index contributed by atoms with van der Waals surface area (Å²) < 4.78 is 28.9. The third kappa shape index (κ3) is 3.32. The maximum Gasteiger partial charge on any atom is 0.230 e. The predicted octanol–water partition coefficient (Wildman–Crippen LogP) is 4.16. The molecule has 1 aliphatic rings. The zero-order chi connectivity index (χ0) is 19.1. The molecular formula is C19H22F2N4OS. The van der Waals surface area contributed by atoms with Crippen LogP contribution in [0, 0.1) is 17.6 Å². The van der Waals surface area contributed by atoms with Crippen molar-refractivity contribution in [3.8, 4) is 5.88 Å². The Labute approximate surface area is 160 Å². The van der Waals surface area contributed by atoms with Crippen LogP contribution in [-0.2, 0) is 6.42 Å². The van der Waals surface area contributed by atoms with Crippen molar-refractivity contribution in [3.05, 3.63) is 46.1 Å². The quantitative estimate of drug-likeness (QED) is 0.724. The SMILES string of the molecule is CCc1nc2sc([C@@H](c3ccc(F)c(F)c3)N3CCC[C@@H](C)C3)c(O)n2n1. The fraction of sp³-hybridized carbons (Fsp3) is 0.474. The lowest BCUT2D eigenvalue weighted by Crippen LogP contribution is -2.37. The maximum absolute atomic E-state index is 14.0. The largest absolute Gasteiger partial charge is 0.492 e. The molecule has 1 fully saturated rings. The first-order chi connectivity index (χ1) is 13.0. The van der Waals surface area contributed by atoms with Gasteiger partial charge in [0.2, 0.25) is 10.8 Å². The van der Waals surface area contributed by atoms with Crippen molar-refractivity contribution in [2.45, 2.75) is 39.2 Å². The number of hydrogen-bond acceptors (Lipinski definition) is 5. The molecule has 5 nitrogen and oxygen atoms in total. The summed E-state index contributed by atoms with van der Waals surface area (Å²) in [6, 6.07) is 3.61. The number of halogens is 2. The Morgan fingerprint density at radius 2 is 2.15 bits per heavy atom. The number of aryl methyl sites for hydroxylation is 1. The van der Waals surface area contributed by atoms with E-state index in [0.717, 1.165) is 32.0 Å². The average molecular weight is 392 g/mol. The van der Waals surface area contributed by atoms with Gasteiger partial charge >= 0.3 is 0 Å². The summed E-state index contributed by atoms with van der Waals surface area (Å²) in [5, 5.41) is 15.2. The Hall–Kier alpha value is -2.06. The third-order valence-corrected chi connectivity index (χ3v) is 6.19. The highest BCUT2D eigenvalue weighted by Crippen LogP contribution is 2.41. The van der Waals surface area contributed by atoms with E-state index in [-0.39, 0.29) is 11.9 Å². The van der Waals surface area contributed by atoms with E-state index in [1.54, 1.807) is 6.07 Å². The summed E-state index contributed by atoms with van der Waals surface area (Å²) in [4.78, 5) is 7.94. The number of aromatic hydroxyl groups is 1. The van der Waals surface area contributed by atoms with E-state index in [0.29, 0.717) is 33.6 Å². The molecule has 0 unspecified atom stereocenters. The monoisotopic (exact) mass is 392 g/mol. The molecule has 0 amide bonds. The van der Waals surface area contributed by atoms with E-state index in [1.807, 2.05) is 6.92 Å². The normalized spacial score (nSPS) is 19.6.